The number of piperidine rings is 1. The van der Waals surface area contributed by atoms with E-state index in [2.05, 4.69) is 10.2 Å². The van der Waals surface area contributed by atoms with Crippen LogP contribution in [-0.4, -0.2) is 49.7 Å². The number of amides is 1. The third kappa shape index (κ3) is 5.21. The van der Waals surface area contributed by atoms with Crippen LogP contribution in [0.4, 0.5) is 0 Å². The molecule has 1 amide bonds. The Labute approximate surface area is 142 Å². The Morgan fingerprint density at radius 3 is 3.00 bits per heavy atom. The predicted molar refractivity (Wildman–Crippen MR) is 92.6 cm³/mol. The van der Waals surface area contributed by atoms with Gasteiger partial charge >= 0.3 is 0 Å². The van der Waals surface area contributed by atoms with Crippen molar-refractivity contribution in [2.45, 2.75) is 38.0 Å². The Bertz CT molecular complexity index is 444. The Kier molecular flexibility index (Phi) is 8.35. The van der Waals surface area contributed by atoms with Crippen molar-refractivity contribution in [3.63, 3.8) is 0 Å². The van der Waals surface area contributed by atoms with E-state index in [1.54, 1.807) is 18.4 Å². The van der Waals surface area contributed by atoms with E-state index in [1.165, 1.54) is 4.88 Å². The highest BCUT2D eigenvalue weighted by Gasteiger charge is 2.28. The third-order valence-electron chi connectivity index (χ3n) is 4.09. The average Bonchev–Trinajstić information content (AvgIpc) is 3.01. The number of hydrogen-bond donors (Lipinski definition) is 2. The van der Waals surface area contributed by atoms with Gasteiger partial charge in [0, 0.05) is 31.1 Å². The number of rotatable bonds is 6. The van der Waals surface area contributed by atoms with Crippen LogP contribution in [0, 0.1) is 0 Å². The molecule has 0 radical (unpaired) electrons. The zero-order valence-corrected chi connectivity index (χ0v) is 14.8. The van der Waals surface area contributed by atoms with Gasteiger partial charge in [0.15, 0.2) is 0 Å². The molecule has 0 saturated carbocycles. The molecule has 7 heteroatoms. The summed E-state index contributed by atoms with van der Waals surface area (Å²) in [5.41, 5.74) is 5.84. The average molecular weight is 348 g/mol. The Morgan fingerprint density at radius 1 is 1.64 bits per heavy atom. The Balaban J connectivity index is 0.00000242. The van der Waals surface area contributed by atoms with Gasteiger partial charge in [-0.25, -0.2) is 0 Å². The molecule has 0 aromatic carbocycles. The Morgan fingerprint density at radius 2 is 2.41 bits per heavy atom. The normalized spacial score (nSPS) is 23.6. The molecule has 0 aliphatic carbocycles. The molecule has 3 atom stereocenters. The van der Waals surface area contributed by atoms with Crippen LogP contribution in [0.5, 0.6) is 0 Å². The first-order valence-corrected chi connectivity index (χ1v) is 8.31. The van der Waals surface area contributed by atoms with Gasteiger partial charge in [0.05, 0.1) is 18.7 Å². The van der Waals surface area contributed by atoms with Crippen molar-refractivity contribution in [3.8, 4) is 0 Å². The van der Waals surface area contributed by atoms with E-state index >= 15 is 0 Å². The first-order chi connectivity index (χ1) is 10.1. The minimum atomic E-state index is 0. The van der Waals surface area contributed by atoms with Crippen molar-refractivity contribution in [2.75, 3.05) is 26.7 Å². The van der Waals surface area contributed by atoms with Crippen LogP contribution >= 0.6 is 23.7 Å². The van der Waals surface area contributed by atoms with Crippen LogP contribution in [0.3, 0.4) is 0 Å². The lowest BCUT2D eigenvalue weighted by molar-refractivity contribution is -0.124. The van der Waals surface area contributed by atoms with Crippen LogP contribution < -0.4 is 11.1 Å². The Hall–Kier alpha value is -0.660. The smallest absolute Gasteiger partial charge is 0.234 e. The second-order valence-corrected chi connectivity index (χ2v) is 6.53. The fourth-order valence-electron chi connectivity index (χ4n) is 2.81. The topological polar surface area (TPSA) is 67.6 Å². The van der Waals surface area contributed by atoms with Crippen molar-refractivity contribution < 1.29 is 9.53 Å². The zero-order chi connectivity index (χ0) is 15.2. The summed E-state index contributed by atoms with van der Waals surface area (Å²) in [4.78, 5) is 15.6. The molecule has 2 heterocycles. The zero-order valence-electron chi connectivity index (χ0n) is 13.2. The lowest BCUT2D eigenvalue weighted by Crippen LogP contribution is -2.51. The summed E-state index contributed by atoms with van der Waals surface area (Å²) < 4.78 is 5.41. The highest BCUT2D eigenvalue weighted by Crippen LogP contribution is 2.20. The molecule has 0 bridgehead atoms. The van der Waals surface area contributed by atoms with Crippen LogP contribution in [0.15, 0.2) is 17.5 Å². The summed E-state index contributed by atoms with van der Waals surface area (Å²) in [5.74, 6) is 0.0604. The maximum absolute atomic E-state index is 12.2. The number of thiophene rings is 1. The van der Waals surface area contributed by atoms with Gasteiger partial charge in [-0.2, -0.15) is 0 Å². The van der Waals surface area contributed by atoms with Crippen molar-refractivity contribution in [3.05, 3.63) is 22.4 Å². The van der Waals surface area contributed by atoms with Crippen molar-refractivity contribution in [1.82, 2.24) is 10.2 Å². The van der Waals surface area contributed by atoms with Crippen molar-refractivity contribution in [1.29, 1.82) is 0 Å². The molecule has 1 aromatic rings. The predicted octanol–water partition coefficient (Wildman–Crippen LogP) is 1.79. The van der Waals surface area contributed by atoms with Gasteiger partial charge in [0.25, 0.3) is 0 Å². The number of ether oxygens (including phenoxy) is 1. The van der Waals surface area contributed by atoms with Crippen LogP contribution in [0.2, 0.25) is 0 Å². The summed E-state index contributed by atoms with van der Waals surface area (Å²) in [6.07, 6.45) is 2.13. The molecular weight excluding hydrogens is 322 g/mol. The number of methoxy groups -OCH3 is 1. The van der Waals surface area contributed by atoms with Crippen molar-refractivity contribution in [2.24, 2.45) is 5.73 Å². The van der Waals surface area contributed by atoms with E-state index in [-0.39, 0.29) is 36.5 Å². The first-order valence-electron chi connectivity index (χ1n) is 7.43. The molecule has 1 aliphatic heterocycles. The lowest BCUT2D eigenvalue weighted by atomic mass is 9.99. The maximum atomic E-state index is 12.2. The molecule has 1 aromatic heterocycles. The number of halogens is 1. The largest absolute Gasteiger partial charge is 0.381 e. The fraction of sp³-hybridized carbons (Fsp3) is 0.667. The highest BCUT2D eigenvalue weighted by molar-refractivity contribution is 7.10. The maximum Gasteiger partial charge on any atom is 0.234 e. The number of nitrogens with one attached hydrogen (secondary N) is 1. The van der Waals surface area contributed by atoms with Gasteiger partial charge < -0.3 is 15.8 Å². The van der Waals surface area contributed by atoms with E-state index in [4.69, 9.17) is 10.5 Å². The van der Waals surface area contributed by atoms with Gasteiger partial charge in [-0.3, -0.25) is 9.69 Å². The molecule has 3 unspecified atom stereocenters. The highest BCUT2D eigenvalue weighted by atomic mass is 35.5. The summed E-state index contributed by atoms with van der Waals surface area (Å²) in [5, 5.41) is 5.08. The molecule has 22 heavy (non-hydrogen) atoms. The van der Waals surface area contributed by atoms with E-state index in [0.717, 1.165) is 19.4 Å². The molecule has 0 spiro atoms. The van der Waals surface area contributed by atoms with Gasteiger partial charge in [-0.15, -0.1) is 23.7 Å². The summed E-state index contributed by atoms with van der Waals surface area (Å²) >= 11 is 1.66. The number of likely N-dealkylation sites (tertiary alicyclic amines) is 1. The van der Waals surface area contributed by atoms with Crippen LogP contribution in [0.25, 0.3) is 0 Å². The molecule has 126 valence electrons. The van der Waals surface area contributed by atoms with E-state index in [9.17, 15) is 4.79 Å². The molecule has 5 nitrogen and oxygen atoms in total. The molecule has 3 N–H and O–H groups in total. The van der Waals surface area contributed by atoms with Crippen molar-refractivity contribution >= 4 is 29.7 Å². The van der Waals surface area contributed by atoms with E-state index < -0.39 is 0 Å². The molecular formula is C15H26ClN3O2S. The minimum Gasteiger partial charge on any atom is -0.381 e. The van der Waals surface area contributed by atoms with Crippen LogP contribution in [0.1, 0.15) is 30.7 Å². The number of nitrogens with zero attached hydrogens (tertiary/aromatic N) is 1. The van der Waals surface area contributed by atoms with E-state index in [0.29, 0.717) is 13.1 Å². The summed E-state index contributed by atoms with van der Waals surface area (Å²) in [6, 6.07) is 4.34. The lowest BCUT2D eigenvalue weighted by Gasteiger charge is -2.38. The van der Waals surface area contributed by atoms with Gasteiger partial charge in [0.2, 0.25) is 5.91 Å². The molecule has 1 aliphatic rings. The number of nitrogens with two attached hydrogens (primary N) is 1. The number of carbonyl (C=O) groups is 1. The van der Waals surface area contributed by atoms with E-state index in [1.807, 2.05) is 24.4 Å². The minimum absolute atomic E-state index is 0. The number of hydrogen-bond acceptors (Lipinski definition) is 5. The first kappa shape index (κ1) is 19.4. The second kappa shape index (κ2) is 9.47. The molecule has 2 rings (SSSR count). The monoisotopic (exact) mass is 347 g/mol. The summed E-state index contributed by atoms with van der Waals surface area (Å²) in [7, 11) is 1.74. The molecule has 1 fully saturated rings. The SMILES string of the molecule is COC1CCN(CC(=O)NC(C)c2cccs2)C(CN)C1.Cl. The molecule has 1 saturated heterocycles. The third-order valence-corrected chi connectivity index (χ3v) is 5.14. The van der Waals surface area contributed by atoms with Gasteiger partial charge in [-0.05, 0) is 31.2 Å². The van der Waals surface area contributed by atoms with Gasteiger partial charge in [-0.1, -0.05) is 6.07 Å². The number of carbonyl (C=O) groups excluding carboxylic acids is 1. The standard InChI is InChI=1S/C15H25N3O2S.ClH/c1-11(14-4-3-7-21-14)17-15(19)10-18-6-5-13(20-2)8-12(18)9-16;/h3-4,7,11-13H,5-6,8-10,16H2,1-2H3,(H,17,19);1H. The fourth-order valence-corrected chi connectivity index (χ4v) is 3.55. The second-order valence-electron chi connectivity index (χ2n) is 5.55. The van der Waals surface area contributed by atoms with Gasteiger partial charge in [0.1, 0.15) is 0 Å². The van der Waals surface area contributed by atoms with Crippen LogP contribution in [-0.2, 0) is 9.53 Å². The quantitative estimate of drug-likeness (QED) is 0.823. The summed E-state index contributed by atoms with van der Waals surface area (Å²) in [6.45, 7) is 3.85.